The molecule has 0 bridgehead atoms. The summed E-state index contributed by atoms with van der Waals surface area (Å²) >= 11 is 11.9. The lowest BCUT2D eigenvalue weighted by Crippen LogP contribution is -2.32. The van der Waals surface area contributed by atoms with E-state index in [9.17, 15) is 18.4 Å². The van der Waals surface area contributed by atoms with Gasteiger partial charge in [-0.1, -0.05) is 29.3 Å². The summed E-state index contributed by atoms with van der Waals surface area (Å²) in [6, 6.07) is 7.28. The Morgan fingerprint density at radius 1 is 1.12 bits per heavy atom. The van der Waals surface area contributed by atoms with Crippen LogP contribution in [0.15, 0.2) is 36.4 Å². The Bertz CT molecular complexity index is 831. The average molecular weight is 401 g/mol. The van der Waals surface area contributed by atoms with Gasteiger partial charge in [0, 0.05) is 29.1 Å². The summed E-state index contributed by atoms with van der Waals surface area (Å²) in [5, 5.41) is 6.09. The Balaban J connectivity index is 1.84. The standard InChI is InChI=1S/C18H16Cl2F2N2O2/c1-10(13-4-2-11(19)8-15(13)20)24-17(25)6-7-23-18(26)14-5-3-12(21)9-16(14)22/h2-5,8-10H,6-7H2,1H3,(H,23,26)(H,24,25). The van der Waals surface area contributed by atoms with Gasteiger partial charge in [-0.15, -0.1) is 0 Å². The molecule has 0 saturated heterocycles. The minimum absolute atomic E-state index is 0.00253. The number of halogens is 4. The van der Waals surface area contributed by atoms with E-state index < -0.39 is 17.5 Å². The van der Waals surface area contributed by atoms with Crippen molar-refractivity contribution in [2.75, 3.05) is 6.54 Å². The molecule has 1 unspecified atom stereocenters. The number of rotatable bonds is 6. The van der Waals surface area contributed by atoms with Gasteiger partial charge in [-0.25, -0.2) is 8.78 Å². The van der Waals surface area contributed by atoms with Crippen LogP contribution in [-0.4, -0.2) is 18.4 Å². The average Bonchev–Trinajstić information content (AvgIpc) is 2.54. The summed E-state index contributed by atoms with van der Waals surface area (Å²) in [5.74, 6) is -2.77. The van der Waals surface area contributed by atoms with Crippen molar-refractivity contribution in [2.45, 2.75) is 19.4 Å². The van der Waals surface area contributed by atoms with Crippen LogP contribution in [0, 0.1) is 11.6 Å². The summed E-state index contributed by atoms with van der Waals surface area (Å²) < 4.78 is 26.3. The first-order valence-electron chi connectivity index (χ1n) is 7.75. The second-order valence-corrected chi connectivity index (χ2v) is 6.43. The minimum atomic E-state index is -0.960. The minimum Gasteiger partial charge on any atom is -0.351 e. The molecule has 0 spiro atoms. The van der Waals surface area contributed by atoms with E-state index in [2.05, 4.69) is 10.6 Å². The predicted molar refractivity (Wildman–Crippen MR) is 96.3 cm³/mol. The summed E-state index contributed by atoms with van der Waals surface area (Å²) in [7, 11) is 0. The highest BCUT2D eigenvalue weighted by Crippen LogP contribution is 2.26. The number of amides is 2. The molecule has 0 saturated carbocycles. The first-order chi connectivity index (χ1) is 12.3. The third kappa shape index (κ3) is 5.41. The summed E-state index contributed by atoms with van der Waals surface area (Å²) in [4.78, 5) is 23.8. The van der Waals surface area contributed by atoms with E-state index >= 15 is 0 Å². The maximum absolute atomic E-state index is 13.5. The van der Waals surface area contributed by atoms with Crippen LogP contribution in [0.25, 0.3) is 0 Å². The molecule has 1 atom stereocenters. The largest absolute Gasteiger partial charge is 0.351 e. The first kappa shape index (κ1) is 20.1. The van der Waals surface area contributed by atoms with Gasteiger partial charge >= 0.3 is 0 Å². The molecule has 0 aliphatic heterocycles. The molecular formula is C18H16Cl2F2N2O2. The zero-order chi connectivity index (χ0) is 19.3. The quantitative estimate of drug-likeness (QED) is 0.760. The zero-order valence-corrected chi connectivity index (χ0v) is 15.3. The normalized spacial score (nSPS) is 11.7. The van der Waals surface area contributed by atoms with Crippen LogP contribution in [0.3, 0.4) is 0 Å². The van der Waals surface area contributed by atoms with E-state index in [1.165, 1.54) is 0 Å². The highest BCUT2D eigenvalue weighted by atomic mass is 35.5. The van der Waals surface area contributed by atoms with Crippen molar-refractivity contribution in [1.82, 2.24) is 10.6 Å². The van der Waals surface area contributed by atoms with Gasteiger partial charge in [0.25, 0.3) is 5.91 Å². The van der Waals surface area contributed by atoms with Crippen LogP contribution in [-0.2, 0) is 4.79 Å². The van der Waals surface area contributed by atoms with Crippen molar-refractivity contribution in [1.29, 1.82) is 0 Å². The van der Waals surface area contributed by atoms with E-state index in [0.29, 0.717) is 21.7 Å². The van der Waals surface area contributed by atoms with Gasteiger partial charge in [0.2, 0.25) is 5.91 Å². The summed E-state index contributed by atoms with van der Waals surface area (Å²) in [6.07, 6.45) is -0.00982. The number of hydrogen-bond acceptors (Lipinski definition) is 2. The van der Waals surface area contributed by atoms with Crippen LogP contribution >= 0.6 is 23.2 Å². The van der Waals surface area contributed by atoms with Gasteiger partial charge in [0.05, 0.1) is 11.6 Å². The molecule has 8 heteroatoms. The molecule has 4 nitrogen and oxygen atoms in total. The molecule has 2 aromatic carbocycles. The van der Waals surface area contributed by atoms with Crippen molar-refractivity contribution in [3.05, 3.63) is 69.2 Å². The fourth-order valence-corrected chi connectivity index (χ4v) is 2.87. The highest BCUT2D eigenvalue weighted by Gasteiger charge is 2.15. The van der Waals surface area contributed by atoms with Crippen molar-refractivity contribution < 1.29 is 18.4 Å². The Kier molecular flexibility index (Phi) is 6.94. The van der Waals surface area contributed by atoms with Crippen LogP contribution in [0.4, 0.5) is 8.78 Å². The highest BCUT2D eigenvalue weighted by molar-refractivity contribution is 6.35. The lowest BCUT2D eigenvalue weighted by molar-refractivity contribution is -0.121. The fourth-order valence-electron chi connectivity index (χ4n) is 2.30. The molecule has 0 aromatic heterocycles. The van der Waals surface area contributed by atoms with Gasteiger partial charge in [-0.3, -0.25) is 9.59 Å². The van der Waals surface area contributed by atoms with Crippen molar-refractivity contribution in [2.24, 2.45) is 0 Å². The maximum atomic E-state index is 13.5. The number of carbonyl (C=O) groups excluding carboxylic acids is 2. The topological polar surface area (TPSA) is 58.2 Å². The number of hydrogen-bond donors (Lipinski definition) is 2. The lowest BCUT2D eigenvalue weighted by Gasteiger charge is -2.16. The Morgan fingerprint density at radius 3 is 2.50 bits per heavy atom. The molecule has 0 aliphatic carbocycles. The third-order valence-electron chi connectivity index (χ3n) is 3.62. The summed E-state index contributed by atoms with van der Waals surface area (Å²) in [5.41, 5.74) is 0.426. The van der Waals surface area contributed by atoms with Crippen LogP contribution in [0.2, 0.25) is 10.0 Å². The van der Waals surface area contributed by atoms with E-state index in [4.69, 9.17) is 23.2 Å². The Labute approximate surface area is 159 Å². The predicted octanol–water partition coefficient (Wildman–Crippen LogP) is 4.27. The number of benzene rings is 2. The van der Waals surface area contributed by atoms with Crippen LogP contribution in [0.5, 0.6) is 0 Å². The molecular weight excluding hydrogens is 385 g/mol. The van der Waals surface area contributed by atoms with Gasteiger partial charge in [-0.2, -0.15) is 0 Å². The van der Waals surface area contributed by atoms with Gasteiger partial charge in [0.1, 0.15) is 11.6 Å². The van der Waals surface area contributed by atoms with Gasteiger partial charge < -0.3 is 10.6 Å². The molecule has 2 aromatic rings. The molecule has 2 rings (SSSR count). The molecule has 26 heavy (non-hydrogen) atoms. The second kappa shape index (κ2) is 8.96. The van der Waals surface area contributed by atoms with E-state index in [-0.39, 0.29) is 30.5 Å². The van der Waals surface area contributed by atoms with Gasteiger partial charge in [-0.05, 0) is 36.8 Å². The fraction of sp³-hybridized carbons (Fsp3) is 0.222. The number of nitrogens with one attached hydrogen (secondary N) is 2. The van der Waals surface area contributed by atoms with E-state index in [0.717, 1.165) is 12.1 Å². The monoisotopic (exact) mass is 400 g/mol. The van der Waals surface area contributed by atoms with E-state index in [1.807, 2.05) is 0 Å². The van der Waals surface area contributed by atoms with Crippen LogP contribution in [0.1, 0.15) is 35.3 Å². The Hall–Kier alpha value is -2.18. The molecule has 2 amide bonds. The van der Waals surface area contributed by atoms with Gasteiger partial charge in [0.15, 0.2) is 0 Å². The molecule has 0 radical (unpaired) electrons. The molecule has 138 valence electrons. The molecule has 0 fully saturated rings. The first-order valence-corrected chi connectivity index (χ1v) is 8.51. The molecule has 0 heterocycles. The van der Waals surface area contributed by atoms with Crippen molar-refractivity contribution in [3.8, 4) is 0 Å². The zero-order valence-electron chi connectivity index (χ0n) is 13.8. The van der Waals surface area contributed by atoms with Crippen molar-refractivity contribution in [3.63, 3.8) is 0 Å². The van der Waals surface area contributed by atoms with E-state index in [1.54, 1.807) is 25.1 Å². The SMILES string of the molecule is CC(NC(=O)CCNC(=O)c1ccc(F)cc1F)c1ccc(Cl)cc1Cl. The maximum Gasteiger partial charge on any atom is 0.254 e. The lowest BCUT2D eigenvalue weighted by atomic mass is 10.1. The second-order valence-electron chi connectivity index (χ2n) is 5.59. The molecule has 0 aliphatic rings. The Morgan fingerprint density at radius 2 is 1.85 bits per heavy atom. The number of carbonyl (C=O) groups is 2. The smallest absolute Gasteiger partial charge is 0.254 e. The summed E-state index contributed by atoms with van der Waals surface area (Å²) in [6.45, 7) is 1.77. The molecule has 2 N–H and O–H groups in total. The van der Waals surface area contributed by atoms with Crippen LogP contribution < -0.4 is 10.6 Å². The van der Waals surface area contributed by atoms with Crippen molar-refractivity contribution >= 4 is 35.0 Å². The third-order valence-corrected chi connectivity index (χ3v) is 4.18.